The molecule has 2 unspecified atom stereocenters. The highest BCUT2D eigenvalue weighted by molar-refractivity contribution is 7.95. The molecule has 0 bridgehead atoms. The van der Waals surface area contributed by atoms with Crippen LogP contribution < -0.4 is 26.6 Å². The Kier molecular flexibility index (Phi) is 19.7. The molecule has 0 saturated heterocycles. The number of hydrogen-bond acceptors (Lipinski definition) is 28. The third-order valence-electron chi connectivity index (χ3n) is 7.16. The summed E-state index contributed by atoms with van der Waals surface area (Å²) >= 11 is 1.22. The molecule has 2 atom stereocenters. The van der Waals surface area contributed by atoms with E-state index in [1.807, 2.05) is 0 Å². The Morgan fingerprint density at radius 1 is 0.710 bits per heavy atom. The van der Waals surface area contributed by atoms with Crippen molar-refractivity contribution in [3.63, 3.8) is 0 Å². The number of rotatable bonds is 27. The summed E-state index contributed by atoms with van der Waals surface area (Å²) in [5.74, 6) is -1.32. The molecule has 338 valence electrons. The van der Waals surface area contributed by atoms with E-state index in [2.05, 4.69) is 80.2 Å². The van der Waals surface area contributed by atoms with Crippen LogP contribution in [0.5, 0.6) is 0 Å². The first-order valence-corrected chi connectivity index (χ1v) is 21.8. The quantitative estimate of drug-likeness (QED) is 0.00754. The molecule has 0 spiro atoms. The fourth-order valence-electron chi connectivity index (χ4n) is 4.47. The molecule has 62 heavy (non-hydrogen) atoms. The summed E-state index contributed by atoms with van der Waals surface area (Å²) in [6.45, 7) is -1.73. The molecule has 4 aromatic rings. The van der Waals surface area contributed by atoms with Gasteiger partial charge in [-0.25, -0.2) is 15.5 Å². The number of aromatic nitrogens is 6. The molecule has 0 aliphatic rings. The minimum absolute atomic E-state index is 0.00828. The number of aliphatic imine (C=N–C) groups is 1. The average Bonchev–Trinajstić information content (AvgIpc) is 3.22. The lowest BCUT2D eigenvalue weighted by molar-refractivity contribution is -0.432. The normalized spacial score (nSPS) is 13.0. The van der Waals surface area contributed by atoms with Gasteiger partial charge < -0.3 is 47.0 Å². The van der Waals surface area contributed by atoms with Crippen LogP contribution in [0.25, 0.3) is 12.2 Å². The molecule has 0 radical (unpaired) electrons. The third-order valence-corrected chi connectivity index (χ3v) is 9.89. The smallest absolute Gasteiger partial charge is 0.295 e. The van der Waals surface area contributed by atoms with E-state index < -0.39 is 56.3 Å². The molecule has 0 aliphatic carbocycles. The maximum atomic E-state index is 12.6. The van der Waals surface area contributed by atoms with E-state index >= 15 is 0 Å². The van der Waals surface area contributed by atoms with Crippen LogP contribution in [0.4, 0.5) is 47.1 Å². The summed E-state index contributed by atoms with van der Waals surface area (Å²) in [6, 6.07) is 8.43. The van der Waals surface area contributed by atoms with Crippen molar-refractivity contribution < 1.29 is 75.6 Å². The SMILES string of the molecule is O=S(=O)(O)CCNc1nc(NCC(O)CO)nc(Nc2ccc(C=Cc3ccc(Nc4nc(/N=C\CSOOO)nc(NCC(O)CO)n4)cc3S(=O)(=O)O)c(SOOO)c2)n1. The third kappa shape index (κ3) is 17.4. The standard InChI is InChI=1S/C30H38N12O16S4/c43-15-21(45)13-33-27-37-25(31-7-9-59-57-55-47)39-30(42-27)36-20-6-4-18(24(12-20)62(52,53)54)2-1-17-3-5-19(11-23(17)60-58-56-48)35-29-40-26(32-8-10-61(49,50)51)38-28(41-29)34-14-22(46)16-44/h1-7,11-12,21-22,43-48H,8-10,13-16H2,(H,49,50,51)(H,52,53,54)(H2,33,36,37,39,42)(H3,32,34,35,38,40,41)/b2-1?,31-7-. The Labute approximate surface area is 359 Å². The van der Waals surface area contributed by atoms with Gasteiger partial charge in [0.1, 0.15) is 4.90 Å². The van der Waals surface area contributed by atoms with Gasteiger partial charge in [0.2, 0.25) is 29.7 Å². The zero-order valence-electron chi connectivity index (χ0n) is 31.4. The highest BCUT2D eigenvalue weighted by atomic mass is 32.2. The van der Waals surface area contributed by atoms with Gasteiger partial charge in [-0.15, -0.1) is 8.67 Å². The molecule has 13 N–H and O–H groups in total. The second kappa shape index (κ2) is 24.6. The molecule has 32 heteroatoms. The molecule has 28 nitrogen and oxygen atoms in total. The lowest BCUT2D eigenvalue weighted by Crippen LogP contribution is -2.24. The predicted molar refractivity (Wildman–Crippen MR) is 222 cm³/mol. The minimum atomic E-state index is -4.87. The second-order valence-electron chi connectivity index (χ2n) is 11.8. The Morgan fingerprint density at radius 3 is 1.84 bits per heavy atom. The van der Waals surface area contributed by atoms with Crippen molar-refractivity contribution in [3.8, 4) is 0 Å². The molecule has 0 fully saturated rings. The van der Waals surface area contributed by atoms with Crippen molar-refractivity contribution >= 4 is 110 Å². The van der Waals surface area contributed by atoms with Gasteiger partial charge in [-0.1, -0.05) is 34.4 Å². The molecule has 4 rings (SSSR count). The van der Waals surface area contributed by atoms with Gasteiger partial charge in [0.25, 0.3) is 26.2 Å². The van der Waals surface area contributed by atoms with Crippen molar-refractivity contribution in [2.24, 2.45) is 4.99 Å². The lowest BCUT2D eigenvalue weighted by Gasteiger charge is -2.13. The van der Waals surface area contributed by atoms with E-state index in [4.69, 9.17) is 25.3 Å². The molecule has 2 aromatic carbocycles. The first kappa shape index (κ1) is 49.6. The molecule has 2 heterocycles. The van der Waals surface area contributed by atoms with Gasteiger partial charge >= 0.3 is 0 Å². The van der Waals surface area contributed by atoms with E-state index in [-0.39, 0.29) is 77.2 Å². The zero-order chi connectivity index (χ0) is 45.1. The number of aliphatic hydroxyl groups is 4. The maximum absolute atomic E-state index is 12.6. The van der Waals surface area contributed by atoms with Crippen LogP contribution in [0.3, 0.4) is 0 Å². The van der Waals surface area contributed by atoms with Crippen molar-refractivity contribution in [3.05, 3.63) is 47.5 Å². The van der Waals surface area contributed by atoms with Gasteiger partial charge in [0.15, 0.2) is 0 Å². The lowest BCUT2D eigenvalue weighted by atomic mass is 10.1. The predicted octanol–water partition coefficient (Wildman–Crippen LogP) is 0.991. The first-order chi connectivity index (χ1) is 29.6. The van der Waals surface area contributed by atoms with E-state index in [1.165, 1.54) is 48.7 Å². The van der Waals surface area contributed by atoms with Gasteiger partial charge in [-0.2, -0.15) is 46.7 Å². The van der Waals surface area contributed by atoms with Gasteiger partial charge in [-0.3, -0.25) is 9.11 Å². The molecule has 2 aromatic heterocycles. The van der Waals surface area contributed by atoms with E-state index in [9.17, 15) is 31.6 Å². The van der Waals surface area contributed by atoms with Crippen LogP contribution in [0, 0.1) is 0 Å². The van der Waals surface area contributed by atoms with Crippen molar-refractivity contribution in [1.82, 2.24) is 29.9 Å². The Hall–Kier alpha value is -5.01. The number of benzene rings is 2. The first-order valence-electron chi connectivity index (χ1n) is 17.1. The van der Waals surface area contributed by atoms with Crippen LogP contribution >= 0.6 is 24.1 Å². The van der Waals surface area contributed by atoms with Crippen molar-refractivity contribution in [1.29, 1.82) is 0 Å². The molecular weight excluding hydrogens is 913 g/mol. The monoisotopic (exact) mass is 950 g/mol. The Balaban J connectivity index is 1.61. The number of aliphatic hydroxyl groups excluding tert-OH is 4. The highest BCUT2D eigenvalue weighted by Gasteiger charge is 2.18. The molecule has 0 aliphatic heterocycles. The maximum Gasteiger partial charge on any atom is 0.295 e. The Morgan fingerprint density at radius 2 is 1.24 bits per heavy atom. The van der Waals surface area contributed by atoms with Crippen LogP contribution in [-0.4, -0.2) is 150 Å². The largest absolute Gasteiger partial charge is 0.394 e. The summed E-state index contributed by atoms with van der Waals surface area (Å²) in [7, 11) is -9.19. The minimum Gasteiger partial charge on any atom is -0.394 e. The zero-order valence-corrected chi connectivity index (χ0v) is 34.7. The van der Waals surface area contributed by atoms with E-state index in [1.54, 1.807) is 0 Å². The van der Waals surface area contributed by atoms with Crippen LogP contribution in [0.2, 0.25) is 0 Å². The summed E-state index contributed by atoms with van der Waals surface area (Å²) in [5, 5.41) is 75.9. The van der Waals surface area contributed by atoms with Crippen molar-refractivity contribution in [2.45, 2.75) is 22.0 Å². The summed E-state index contributed by atoms with van der Waals surface area (Å²) in [6.07, 6.45) is 1.77. The fraction of sp³-hybridized carbons (Fsp3) is 0.300. The fourth-order valence-corrected chi connectivity index (χ4v) is 6.28. The number of hydrogen-bond donors (Lipinski definition) is 13. The average molecular weight is 951 g/mol. The topological polar surface area (TPSA) is 417 Å². The summed E-state index contributed by atoms with van der Waals surface area (Å²) in [5.41, 5.74) is 0.757. The van der Waals surface area contributed by atoms with E-state index in [0.717, 1.165) is 6.07 Å². The second-order valence-corrected chi connectivity index (χ2v) is 16.2. The highest BCUT2D eigenvalue weighted by Crippen LogP contribution is 2.31. The van der Waals surface area contributed by atoms with Gasteiger partial charge in [0.05, 0.1) is 49.0 Å². The van der Waals surface area contributed by atoms with E-state index in [0.29, 0.717) is 35.3 Å². The van der Waals surface area contributed by atoms with Gasteiger partial charge in [0, 0.05) is 54.2 Å². The number of anilines is 7. The number of nitrogens with zero attached hydrogens (tertiary/aromatic N) is 7. The Bertz CT molecular complexity index is 2370. The van der Waals surface area contributed by atoms with Crippen LogP contribution in [-0.2, 0) is 39.0 Å². The molecule has 0 amide bonds. The summed E-state index contributed by atoms with van der Waals surface area (Å²) < 4.78 is 75.7. The van der Waals surface area contributed by atoms with Gasteiger partial charge in [-0.05, 0) is 35.4 Å². The summed E-state index contributed by atoms with van der Waals surface area (Å²) in [4.78, 5) is 28.6. The van der Waals surface area contributed by atoms with Crippen LogP contribution in [0.1, 0.15) is 11.1 Å². The van der Waals surface area contributed by atoms with Crippen molar-refractivity contribution in [2.75, 3.05) is 70.9 Å². The van der Waals surface area contributed by atoms with Crippen LogP contribution in [0.15, 0.2) is 51.2 Å². The molecular formula is C30H38N12O16S4. The number of nitrogens with one attached hydrogen (secondary N) is 5. The molecule has 0 saturated carbocycles.